The summed E-state index contributed by atoms with van der Waals surface area (Å²) < 4.78 is 33.4. The van der Waals surface area contributed by atoms with E-state index in [0.29, 0.717) is 5.75 Å². The third-order valence-electron chi connectivity index (χ3n) is 6.19. The highest BCUT2D eigenvalue weighted by molar-refractivity contribution is 7.93. The molecule has 4 heterocycles. The van der Waals surface area contributed by atoms with Gasteiger partial charge in [-0.25, -0.2) is 22.7 Å². The summed E-state index contributed by atoms with van der Waals surface area (Å²) >= 11 is 1.03. The number of halogens is 2. The Morgan fingerprint density at radius 1 is 0.667 bits per heavy atom. The molecule has 3 aromatic carbocycles. The first-order valence-corrected chi connectivity index (χ1v) is 13.3. The second-order valence-electron chi connectivity index (χ2n) is 8.98. The highest BCUT2D eigenvalue weighted by Crippen LogP contribution is 2.27. The fraction of sp³-hybridized carbons (Fsp3) is 0.0303. The van der Waals surface area contributed by atoms with Gasteiger partial charge < -0.3 is 9.87 Å². The van der Waals surface area contributed by atoms with Crippen LogP contribution in [0.4, 0.5) is 8.78 Å². The molecule has 210 valence electrons. The Balaban J connectivity index is 0.000000179. The number of hydrogen-bond donors (Lipinski definition) is 1. The number of H-pyrrole nitrogens is 1. The molecular formula is C33H26F2N4O2S. The molecule has 7 aromatic rings. The lowest BCUT2D eigenvalue weighted by atomic mass is 10.1. The van der Waals surface area contributed by atoms with Gasteiger partial charge in [-0.05, 0) is 71.8 Å². The molecule has 4 aromatic heterocycles. The van der Waals surface area contributed by atoms with Crippen molar-refractivity contribution in [1.82, 2.24) is 18.9 Å². The second-order valence-corrected chi connectivity index (χ2v) is 9.66. The van der Waals surface area contributed by atoms with Gasteiger partial charge in [-0.1, -0.05) is 54.2 Å². The number of hydrogen-bond acceptors (Lipinski definition) is 5. The molecule has 0 fully saturated rings. The van der Waals surface area contributed by atoms with Gasteiger partial charge in [0.25, 0.3) is 0 Å². The van der Waals surface area contributed by atoms with E-state index in [2.05, 4.69) is 15.0 Å². The molecule has 0 bridgehead atoms. The minimum Gasteiger partial charge on any atom is -0.346 e. The molecule has 7 rings (SSSR count). The third kappa shape index (κ3) is 6.65. The molecule has 0 unspecified atom stereocenters. The maximum Gasteiger partial charge on any atom is 0.170 e. The molecule has 9 heteroatoms. The first-order valence-electron chi connectivity index (χ1n) is 12.6. The zero-order valence-corrected chi connectivity index (χ0v) is 22.3. The van der Waals surface area contributed by atoms with Crippen LogP contribution in [0.2, 0.25) is 0 Å². The lowest BCUT2D eigenvalue weighted by Crippen LogP contribution is -1.94. The lowest BCUT2D eigenvalue weighted by molar-refractivity contribution is -0.0785. The van der Waals surface area contributed by atoms with E-state index >= 15 is 0 Å². The lowest BCUT2D eigenvalue weighted by Gasteiger charge is -2.05. The number of para-hydroxylation sites is 1. The molecule has 0 atom stereocenters. The van der Waals surface area contributed by atoms with E-state index in [9.17, 15) is 8.78 Å². The molecular weight excluding hydrogens is 554 g/mol. The molecule has 1 N–H and O–H groups in total. The average Bonchev–Trinajstić information content (AvgIpc) is 3.64. The van der Waals surface area contributed by atoms with E-state index in [-0.39, 0.29) is 19.1 Å². The van der Waals surface area contributed by atoms with E-state index in [1.807, 2.05) is 67.0 Å². The maximum absolute atomic E-state index is 13.4. The Labute approximate surface area is 245 Å². The average molecular weight is 581 g/mol. The minimum absolute atomic E-state index is 0. The quantitative estimate of drug-likeness (QED) is 0.121. The van der Waals surface area contributed by atoms with Crippen LogP contribution in [0.5, 0.6) is 5.75 Å². The van der Waals surface area contributed by atoms with Gasteiger partial charge in [0.05, 0.1) is 0 Å². The van der Waals surface area contributed by atoms with Crippen molar-refractivity contribution in [3.8, 4) is 28.0 Å². The van der Waals surface area contributed by atoms with E-state index < -0.39 is 0 Å². The van der Waals surface area contributed by atoms with Crippen molar-refractivity contribution in [2.75, 3.05) is 0 Å². The van der Waals surface area contributed by atoms with Crippen molar-refractivity contribution < 1.29 is 18.0 Å². The molecule has 0 radical (unpaired) electrons. The van der Waals surface area contributed by atoms with Gasteiger partial charge in [-0.15, -0.1) is 0 Å². The fourth-order valence-electron chi connectivity index (χ4n) is 4.22. The van der Waals surface area contributed by atoms with Gasteiger partial charge >= 0.3 is 0 Å². The minimum atomic E-state index is -0.266. The van der Waals surface area contributed by atoms with Crippen molar-refractivity contribution in [2.24, 2.45) is 0 Å². The van der Waals surface area contributed by atoms with Crippen LogP contribution in [0.3, 0.4) is 0 Å². The molecule has 6 nitrogen and oxygen atoms in total. The first-order chi connectivity index (χ1) is 20.1. The van der Waals surface area contributed by atoms with E-state index in [0.717, 1.165) is 56.5 Å². The Kier molecular flexibility index (Phi) is 8.91. The molecule has 0 saturated carbocycles. The largest absolute Gasteiger partial charge is 0.346 e. The number of aromatic amines is 1. The SMILES string of the molecule is C.Fc1cccc(-c2cnc3[nH]ccc3c2)c1.Fc1cccc(-c2cnc3c(ccn3SOOc3ccccc3)c2)c1. The van der Waals surface area contributed by atoms with E-state index in [1.54, 1.807) is 40.6 Å². The molecule has 0 aliphatic carbocycles. The predicted molar refractivity (Wildman–Crippen MR) is 164 cm³/mol. The summed E-state index contributed by atoms with van der Waals surface area (Å²) in [7, 11) is 0. The van der Waals surface area contributed by atoms with Crippen LogP contribution in [-0.2, 0) is 4.33 Å². The van der Waals surface area contributed by atoms with Crippen molar-refractivity contribution in [2.45, 2.75) is 7.43 Å². The molecule has 0 aliphatic rings. The number of benzene rings is 3. The topological polar surface area (TPSA) is 65.0 Å². The van der Waals surface area contributed by atoms with Gasteiger partial charge in [0.2, 0.25) is 0 Å². The maximum atomic E-state index is 13.4. The van der Waals surface area contributed by atoms with Crippen LogP contribution in [-0.4, -0.2) is 18.9 Å². The Morgan fingerprint density at radius 3 is 2.02 bits per heavy atom. The zero-order chi connectivity index (χ0) is 28.0. The van der Waals surface area contributed by atoms with Gasteiger partial charge in [-0.2, -0.15) is 0 Å². The normalized spacial score (nSPS) is 10.6. The number of nitrogens with one attached hydrogen (secondary N) is 1. The monoisotopic (exact) mass is 580 g/mol. The number of rotatable bonds is 6. The van der Waals surface area contributed by atoms with Crippen LogP contribution in [0, 0.1) is 11.6 Å². The van der Waals surface area contributed by atoms with Crippen LogP contribution in [0.25, 0.3) is 44.3 Å². The van der Waals surface area contributed by atoms with Crippen molar-refractivity contribution >= 4 is 34.3 Å². The second kappa shape index (κ2) is 13.1. The first kappa shape index (κ1) is 28.5. The summed E-state index contributed by atoms with van der Waals surface area (Å²) in [6.07, 6.45) is 7.14. The van der Waals surface area contributed by atoms with Gasteiger partial charge in [0, 0.05) is 46.7 Å². The Hall–Kier alpha value is -4.99. The number of nitrogens with zero attached hydrogens (tertiary/aromatic N) is 3. The summed E-state index contributed by atoms with van der Waals surface area (Å²) in [6, 6.07) is 30.0. The highest BCUT2D eigenvalue weighted by atomic mass is 32.2. The number of pyridine rings is 2. The van der Waals surface area contributed by atoms with Crippen LogP contribution >= 0.6 is 12.2 Å². The predicted octanol–water partition coefficient (Wildman–Crippen LogP) is 9.27. The van der Waals surface area contributed by atoms with Crippen molar-refractivity contribution in [3.63, 3.8) is 0 Å². The molecule has 0 saturated heterocycles. The van der Waals surface area contributed by atoms with Crippen LogP contribution in [0.15, 0.2) is 128 Å². The smallest absolute Gasteiger partial charge is 0.170 e. The van der Waals surface area contributed by atoms with Gasteiger partial charge in [0.15, 0.2) is 23.6 Å². The Bertz CT molecular complexity index is 1920. The van der Waals surface area contributed by atoms with E-state index in [4.69, 9.17) is 9.22 Å². The third-order valence-corrected chi connectivity index (χ3v) is 6.78. The summed E-state index contributed by atoms with van der Waals surface area (Å²) in [4.78, 5) is 17.0. The van der Waals surface area contributed by atoms with Gasteiger partial charge in [-0.3, -0.25) is 0 Å². The van der Waals surface area contributed by atoms with Crippen LogP contribution in [0.1, 0.15) is 7.43 Å². The molecule has 42 heavy (non-hydrogen) atoms. The van der Waals surface area contributed by atoms with Crippen molar-refractivity contribution in [1.29, 1.82) is 0 Å². The summed E-state index contributed by atoms with van der Waals surface area (Å²) in [5.74, 6) is 0.122. The van der Waals surface area contributed by atoms with E-state index in [1.165, 1.54) is 24.3 Å². The highest BCUT2D eigenvalue weighted by Gasteiger charge is 2.08. The zero-order valence-electron chi connectivity index (χ0n) is 21.4. The molecule has 0 aliphatic heterocycles. The fourth-order valence-corrected chi connectivity index (χ4v) is 4.72. The summed E-state index contributed by atoms with van der Waals surface area (Å²) in [6.45, 7) is 0. The summed E-state index contributed by atoms with van der Waals surface area (Å²) in [5, 5.41) is 1.96. The standard InChI is InChI=1S/C19H13FN2O2S.C13H9FN2.CH4/c20-17-6-4-5-14(12-17)16-11-15-9-10-22(19(15)21-13-16)25-24-23-18-7-2-1-3-8-18;14-12-3-1-2-9(7-12)11-6-10-4-5-15-13(10)16-8-11;/h1-13H;1-8H,(H,15,16);1H4. The molecule has 0 amide bonds. The molecule has 0 spiro atoms. The number of fused-ring (bicyclic) bond motifs is 2. The van der Waals surface area contributed by atoms with Gasteiger partial charge in [0.1, 0.15) is 17.3 Å². The summed E-state index contributed by atoms with van der Waals surface area (Å²) in [5.41, 5.74) is 5.00. The van der Waals surface area contributed by atoms with Crippen molar-refractivity contribution in [3.05, 3.63) is 140 Å². The van der Waals surface area contributed by atoms with Crippen LogP contribution < -0.4 is 4.89 Å². The number of aromatic nitrogens is 4. The Morgan fingerprint density at radius 2 is 1.33 bits per heavy atom.